The number of amides is 1. The number of nitrogens with zero attached hydrogens (tertiary/aromatic N) is 1. The van der Waals surface area contributed by atoms with Crippen LogP contribution >= 0.6 is 0 Å². The Bertz CT molecular complexity index is 1310. The monoisotopic (exact) mass is 488 g/mol. The summed E-state index contributed by atoms with van der Waals surface area (Å²) >= 11 is 0. The molecule has 3 aromatic rings. The summed E-state index contributed by atoms with van der Waals surface area (Å²) in [6.45, 7) is 6.69. The van der Waals surface area contributed by atoms with Gasteiger partial charge in [-0.1, -0.05) is 19.3 Å². The van der Waals surface area contributed by atoms with Crippen molar-refractivity contribution in [1.29, 1.82) is 0 Å². The standard InChI is InChI=1S/C30H36N2O4/c1-17-13-21(14-18(2)29(17)33)26-19(3)32-12-11-20-15-24(35-4)25(36-5)16-23(20)28(32)27(26)30(34)31-22-9-7-6-8-10-22/h13-16,22,33H,6-12H2,1-5H3,(H,31,34). The summed E-state index contributed by atoms with van der Waals surface area (Å²) in [6, 6.07) is 8.23. The number of aromatic hydroxyl groups is 1. The van der Waals surface area contributed by atoms with E-state index in [1.165, 1.54) is 6.42 Å². The first-order valence-electron chi connectivity index (χ1n) is 12.9. The number of rotatable bonds is 5. The minimum Gasteiger partial charge on any atom is -0.507 e. The quantitative estimate of drug-likeness (QED) is 0.456. The van der Waals surface area contributed by atoms with Gasteiger partial charge in [-0.15, -0.1) is 0 Å². The first-order valence-corrected chi connectivity index (χ1v) is 12.9. The Labute approximate surface area is 213 Å². The second-order valence-electron chi connectivity index (χ2n) is 10.2. The molecular formula is C30H36N2O4. The van der Waals surface area contributed by atoms with E-state index in [1.807, 2.05) is 38.1 Å². The highest BCUT2D eigenvalue weighted by Crippen LogP contribution is 2.46. The number of hydrogen-bond donors (Lipinski definition) is 2. The van der Waals surface area contributed by atoms with E-state index in [0.717, 1.165) is 83.4 Å². The van der Waals surface area contributed by atoms with Gasteiger partial charge in [0.25, 0.3) is 5.91 Å². The van der Waals surface area contributed by atoms with Crippen LogP contribution in [-0.4, -0.2) is 35.8 Å². The van der Waals surface area contributed by atoms with Gasteiger partial charge >= 0.3 is 0 Å². The maximum Gasteiger partial charge on any atom is 0.254 e. The molecule has 1 aliphatic carbocycles. The van der Waals surface area contributed by atoms with Crippen molar-refractivity contribution in [1.82, 2.24) is 9.88 Å². The van der Waals surface area contributed by atoms with Crippen molar-refractivity contribution >= 4 is 5.91 Å². The lowest BCUT2D eigenvalue weighted by molar-refractivity contribution is 0.0929. The molecule has 1 amide bonds. The van der Waals surface area contributed by atoms with Crippen molar-refractivity contribution in [3.8, 4) is 39.6 Å². The zero-order chi connectivity index (χ0) is 25.6. The molecule has 0 bridgehead atoms. The van der Waals surface area contributed by atoms with Crippen LogP contribution in [0.1, 0.15) is 64.8 Å². The topological polar surface area (TPSA) is 72.7 Å². The van der Waals surface area contributed by atoms with E-state index in [0.29, 0.717) is 22.8 Å². The predicted octanol–water partition coefficient (Wildman–Crippen LogP) is 6.09. The average Bonchev–Trinajstić information content (AvgIpc) is 3.19. The summed E-state index contributed by atoms with van der Waals surface area (Å²) in [4.78, 5) is 14.1. The molecule has 36 heavy (non-hydrogen) atoms. The molecule has 0 radical (unpaired) electrons. The van der Waals surface area contributed by atoms with Crippen LogP contribution in [0.4, 0.5) is 0 Å². The maximum absolute atomic E-state index is 14.1. The Balaban J connectivity index is 1.75. The van der Waals surface area contributed by atoms with Crippen LogP contribution in [0.15, 0.2) is 24.3 Å². The second-order valence-corrected chi connectivity index (χ2v) is 10.2. The van der Waals surface area contributed by atoms with Crippen molar-refractivity contribution < 1.29 is 19.4 Å². The number of nitrogens with one attached hydrogen (secondary N) is 1. The SMILES string of the molecule is COc1cc2c(cc1OC)-c1c(C(=O)NC3CCCCC3)c(-c3cc(C)c(O)c(C)c3)c(C)n1CC2. The number of aromatic nitrogens is 1. The molecule has 190 valence electrons. The van der Waals surface area contributed by atoms with Crippen LogP contribution in [-0.2, 0) is 13.0 Å². The van der Waals surface area contributed by atoms with E-state index in [-0.39, 0.29) is 11.9 Å². The number of carbonyl (C=O) groups excluding carboxylic acids is 1. The molecule has 6 heteroatoms. The maximum atomic E-state index is 14.1. The molecule has 2 aromatic carbocycles. The fourth-order valence-electron chi connectivity index (χ4n) is 6.06. The van der Waals surface area contributed by atoms with Crippen LogP contribution in [0.5, 0.6) is 17.2 Å². The fraction of sp³-hybridized carbons (Fsp3) is 0.433. The number of ether oxygens (including phenoxy) is 2. The molecule has 0 unspecified atom stereocenters. The van der Waals surface area contributed by atoms with Gasteiger partial charge in [-0.25, -0.2) is 0 Å². The van der Waals surface area contributed by atoms with E-state index in [2.05, 4.69) is 16.8 Å². The van der Waals surface area contributed by atoms with E-state index >= 15 is 0 Å². The first kappa shape index (κ1) is 24.3. The number of aryl methyl sites for hydroxylation is 3. The molecule has 2 aliphatic rings. The molecule has 0 saturated heterocycles. The number of phenolic OH excluding ortho intramolecular Hbond substituents is 1. The summed E-state index contributed by atoms with van der Waals surface area (Å²) in [6.07, 6.45) is 6.43. The number of benzene rings is 2. The van der Waals surface area contributed by atoms with Gasteiger partial charge < -0.3 is 24.5 Å². The molecule has 1 aliphatic heterocycles. The van der Waals surface area contributed by atoms with Gasteiger partial charge in [0.1, 0.15) is 5.75 Å². The predicted molar refractivity (Wildman–Crippen MR) is 142 cm³/mol. The van der Waals surface area contributed by atoms with Crippen LogP contribution in [0.25, 0.3) is 22.4 Å². The first-order chi connectivity index (χ1) is 17.3. The minimum absolute atomic E-state index is 0.0280. The molecule has 0 spiro atoms. The van der Waals surface area contributed by atoms with Gasteiger partial charge in [0.15, 0.2) is 11.5 Å². The highest BCUT2D eigenvalue weighted by Gasteiger charge is 2.32. The average molecular weight is 489 g/mol. The van der Waals surface area contributed by atoms with Gasteiger partial charge in [0.05, 0.1) is 25.5 Å². The van der Waals surface area contributed by atoms with E-state index < -0.39 is 0 Å². The molecule has 5 rings (SSSR count). The van der Waals surface area contributed by atoms with E-state index in [9.17, 15) is 9.90 Å². The third-order valence-corrected chi connectivity index (χ3v) is 7.94. The zero-order valence-electron chi connectivity index (χ0n) is 22.0. The molecule has 1 saturated carbocycles. The number of fused-ring (bicyclic) bond motifs is 3. The lowest BCUT2D eigenvalue weighted by atomic mass is 9.91. The van der Waals surface area contributed by atoms with E-state index in [1.54, 1.807) is 14.2 Å². The number of carbonyl (C=O) groups is 1. The van der Waals surface area contributed by atoms with Gasteiger partial charge in [0.2, 0.25) is 0 Å². The minimum atomic E-state index is -0.0280. The molecular weight excluding hydrogens is 452 g/mol. The lowest BCUT2D eigenvalue weighted by Crippen LogP contribution is -2.36. The lowest BCUT2D eigenvalue weighted by Gasteiger charge is -2.25. The number of phenols is 1. The van der Waals surface area contributed by atoms with Crippen LogP contribution < -0.4 is 14.8 Å². The molecule has 1 aromatic heterocycles. The van der Waals surface area contributed by atoms with Crippen molar-refractivity contribution in [3.05, 3.63) is 52.2 Å². The molecule has 6 nitrogen and oxygen atoms in total. The Hall–Kier alpha value is -3.41. The smallest absolute Gasteiger partial charge is 0.254 e. The van der Waals surface area contributed by atoms with Crippen molar-refractivity contribution in [3.63, 3.8) is 0 Å². The van der Waals surface area contributed by atoms with Crippen LogP contribution in [0, 0.1) is 20.8 Å². The van der Waals surface area contributed by atoms with E-state index in [4.69, 9.17) is 9.47 Å². The summed E-state index contributed by atoms with van der Waals surface area (Å²) in [5.41, 5.74) is 8.35. The number of hydrogen-bond acceptors (Lipinski definition) is 4. The fourth-order valence-corrected chi connectivity index (χ4v) is 6.06. The third-order valence-electron chi connectivity index (χ3n) is 7.94. The van der Waals surface area contributed by atoms with Crippen molar-refractivity contribution in [2.24, 2.45) is 0 Å². The van der Waals surface area contributed by atoms with Gasteiger partial charge in [-0.3, -0.25) is 4.79 Å². The molecule has 2 heterocycles. The Morgan fingerprint density at radius 2 is 1.61 bits per heavy atom. The van der Waals surface area contributed by atoms with Crippen molar-refractivity contribution in [2.75, 3.05) is 14.2 Å². The summed E-state index contributed by atoms with van der Waals surface area (Å²) in [5.74, 6) is 1.63. The second kappa shape index (κ2) is 9.57. The van der Waals surface area contributed by atoms with Gasteiger partial charge in [-0.2, -0.15) is 0 Å². The van der Waals surface area contributed by atoms with Crippen LogP contribution in [0.2, 0.25) is 0 Å². The Morgan fingerprint density at radius 1 is 0.972 bits per heavy atom. The summed E-state index contributed by atoms with van der Waals surface area (Å²) in [5, 5.41) is 13.8. The Morgan fingerprint density at radius 3 is 2.25 bits per heavy atom. The normalized spacial score (nSPS) is 15.2. The highest BCUT2D eigenvalue weighted by atomic mass is 16.5. The highest BCUT2D eigenvalue weighted by molar-refractivity contribution is 6.08. The van der Waals surface area contributed by atoms with Crippen LogP contribution in [0.3, 0.4) is 0 Å². The third kappa shape index (κ3) is 4.02. The Kier molecular flexibility index (Phi) is 6.45. The largest absolute Gasteiger partial charge is 0.507 e. The van der Waals surface area contributed by atoms with Gasteiger partial charge in [-0.05, 0) is 86.6 Å². The molecule has 0 atom stereocenters. The molecule has 1 fully saturated rings. The van der Waals surface area contributed by atoms with Crippen molar-refractivity contribution in [2.45, 2.75) is 71.9 Å². The number of methoxy groups -OCH3 is 2. The summed E-state index contributed by atoms with van der Waals surface area (Å²) < 4.78 is 13.5. The molecule has 2 N–H and O–H groups in total. The zero-order valence-corrected chi connectivity index (χ0v) is 22.0. The van der Waals surface area contributed by atoms with Gasteiger partial charge in [0, 0.05) is 29.4 Å². The summed E-state index contributed by atoms with van der Waals surface area (Å²) in [7, 11) is 3.29.